The monoisotopic (exact) mass is 1650 g/mol. The minimum atomic E-state index is -0.633. The molecule has 0 radical (unpaired) electrons. The smallest absolute Gasteiger partial charge is 0.229 e. The molecule has 636 valence electrons. The Morgan fingerprint density at radius 1 is 0.339 bits per heavy atom. The highest BCUT2D eigenvalue weighted by molar-refractivity contribution is 5.85. The summed E-state index contributed by atoms with van der Waals surface area (Å²) in [7, 11) is 0. The first kappa shape index (κ1) is 84.1. The molecule has 7 saturated heterocycles. The molecule has 0 amide bonds. The van der Waals surface area contributed by atoms with Crippen LogP contribution in [0.5, 0.6) is 0 Å². The third-order valence-electron chi connectivity index (χ3n) is 25.7. The molecule has 0 saturated carbocycles. The van der Waals surface area contributed by atoms with Crippen LogP contribution in [0.15, 0.2) is 110 Å². The van der Waals surface area contributed by atoms with Gasteiger partial charge in [-0.15, -0.1) is 0 Å². The fourth-order valence-corrected chi connectivity index (χ4v) is 19.7. The van der Waals surface area contributed by atoms with E-state index >= 15 is 13.2 Å². The highest BCUT2D eigenvalue weighted by atomic mass is 19.1. The van der Waals surface area contributed by atoms with Crippen molar-refractivity contribution in [2.24, 2.45) is 17.8 Å². The van der Waals surface area contributed by atoms with Gasteiger partial charge in [-0.3, -0.25) is 29.4 Å². The Balaban J connectivity index is 0.000000135. The molecule has 7 aliphatic heterocycles. The second-order valence-corrected chi connectivity index (χ2v) is 34.6. The molecule has 9 atom stereocenters. The van der Waals surface area contributed by atoms with Crippen molar-refractivity contribution in [2.45, 2.75) is 184 Å². The molecule has 6 bridgehead atoms. The van der Waals surface area contributed by atoms with Crippen molar-refractivity contribution >= 4 is 68.4 Å². The van der Waals surface area contributed by atoms with Gasteiger partial charge in [-0.25, -0.2) is 86.2 Å². The van der Waals surface area contributed by atoms with Gasteiger partial charge >= 0.3 is 0 Å². The van der Waals surface area contributed by atoms with Crippen LogP contribution in [0.25, 0.3) is 66.9 Å². The van der Waals surface area contributed by atoms with Crippen LogP contribution in [-0.4, -0.2) is 200 Å². The van der Waals surface area contributed by atoms with Gasteiger partial charge in [0, 0.05) is 149 Å². The Labute approximate surface area is 703 Å². The van der Waals surface area contributed by atoms with Crippen LogP contribution in [0.4, 0.5) is 61.6 Å². The molecule has 9 aromatic heterocycles. The van der Waals surface area contributed by atoms with Gasteiger partial charge in [0.25, 0.3) is 0 Å². The first-order valence-electron chi connectivity index (χ1n) is 42.9. The van der Waals surface area contributed by atoms with E-state index in [0.29, 0.717) is 86.3 Å². The minimum Gasteiger partial charge on any atom is -0.326 e. The van der Waals surface area contributed by atoms with E-state index in [1.807, 2.05) is 113 Å². The number of imidazole rings is 3. The van der Waals surface area contributed by atoms with E-state index in [0.717, 1.165) is 112 Å². The number of aryl methyl sites for hydroxylation is 3. The number of nitrogens with one attached hydrogen (secondary N) is 3. The summed E-state index contributed by atoms with van der Waals surface area (Å²) >= 11 is 0. The summed E-state index contributed by atoms with van der Waals surface area (Å²) in [4.78, 5) is 68.0. The first-order chi connectivity index (χ1) is 58.1. The highest BCUT2D eigenvalue weighted by Crippen LogP contribution is 2.40. The molecular formula is C91H110F6N24. The first-order valence-corrected chi connectivity index (χ1v) is 42.9. The summed E-state index contributed by atoms with van der Waals surface area (Å²) < 4.78 is 95.6. The van der Waals surface area contributed by atoms with Crippen LogP contribution >= 0.6 is 0 Å². The zero-order chi connectivity index (χ0) is 85.1. The Kier molecular flexibility index (Phi) is 24.4. The van der Waals surface area contributed by atoms with E-state index in [1.54, 1.807) is 18.2 Å². The van der Waals surface area contributed by atoms with Crippen molar-refractivity contribution in [3.63, 3.8) is 0 Å². The zero-order valence-corrected chi connectivity index (χ0v) is 71.8. The number of hydrogen-bond donors (Lipinski definition) is 3. The maximum atomic E-state index is 15.0. The van der Waals surface area contributed by atoms with Crippen LogP contribution < -0.4 is 16.0 Å². The van der Waals surface area contributed by atoms with Crippen molar-refractivity contribution in [1.82, 2.24) is 103 Å². The second-order valence-electron chi connectivity index (χ2n) is 34.6. The lowest BCUT2D eigenvalue weighted by Crippen LogP contribution is -2.43. The van der Waals surface area contributed by atoms with E-state index in [-0.39, 0.29) is 87.7 Å². The third kappa shape index (κ3) is 17.4. The number of anilines is 6. The molecule has 30 heteroatoms. The van der Waals surface area contributed by atoms with Crippen LogP contribution in [-0.2, 0) is 0 Å². The van der Waals surface area contributed by atoms with E-state index in [4.69, 9.17) is 0 Å². The van der Waals surface area contributed by atoms with Crippen LogP contribution in [0.3, 0.4) is 0 Å². The molecule has 0 aliphatic carbocycles. The van der Waals surface area contributed by atoms with Gasteiger partial charge in [-0.2, -0.15) is 0 Å². The molecule has 0 spiro atoms. The minimum absolute atomic E-state index is 0.0125. The van der Waals surface area contributed by atoms with E-state index < -0.39 is 34.9 Å². The fourth-order valence-electron chi connectivity index (χ4n) is 19.7. The number of rotatable bonds is 21. The molecular weight excluding hydrogens is 1540 g/mol. The van der Waals surface area contributed by atoms with E-state index in [2.05, 4.69) is 165 Å². The Morgan fingerprint density at radius 2 is 0.645 bits per heavy atom. The fraction of sp³-hybridized carbons (Fsp3) is 0.473. The lowest BCUT2D eigenvalue weighted by molar-refractivity contribution is 0.127. The van der Waals surface area contributed by atoms with Gasteiger partial charge < -0.3 is 29.7 Å². The Bertz CT molecular complexity index is 5490. The molecule has 121 heavy (non-hydrogen) atoms. The Morgan fingerprint density at radius 3 is 0.950 bits per heavy atom. The number of likely N-dealkylation sites (N-methyl/N-ethyl adjacent to an activating group) is 3. The van der Waals surface area contributed by atoms with Gasteiger partial charge in [0.2, 0.25) is 17.8 Å². The van der Waals surface area contributed by atoms with Gasteiger partial charge in [-0.1, -0.05) is 39.0 Å². The lowest BCUT2D eigenvalue weighted by atomic mass is 9.95. The van der Waals surface area contributed by atoms with Gasteiger partial charge in [0.15, 0.2) is 34.9 Å². The predicted octanol–water partition coefficient (Wildman–Crippen LogP) is 18.0. The van der Waals surface area contributed by atoms with Crippen LogP contribution in [0, 0.1) is 73.4 Å². The molecule has 19 rings (SSSR count). The SMILES string of the molecule is CCN1CC2CCC1CN(C(C)c1ccc(Nc3ncc(F)c(-c4cc(F)c5nc(C)n(C(C)C)c5c4)n3)nc1)C2.CCN1C[C@@H]2C[C@H]1CN([C@H](C)c1ccc(Nc3ncc(F)c(-c4cc(F)c5nc(C)n(C(C)C)c5c4)n3)nc1)C2.CCN1C[C@H]2C[C@@H]1CN([C@H](C)c1ccc(Nc3ncc(F)c(-c4cc(F)c5nc(C)n(C(C)C)c5c4)n3)nc1)C2. The second kappa shape index (κ2) is 35.2. The Hall–Kier alpha value is -10.5. The molecule has 16 heterocycles. The quantitative estimate of drug-likeness (QED) is 0.0569. The lowest BCUT2D eigenvalue weighted by Gasteiger charge is -2.37. The molecule has 7 fully saturated rings. The summed E-state index contributed by atoms with van der Waals surface area (Å²) in [6.07, 6.45) is 14.1. The average molecular weight is 1650 g/mol. The van der Waals surface area contributed by atoms with Crippen molar-refractivity contribution in [3.05, 3.63) is 179 Å². The molecule has 24 nitrogen and oxygen atoms in total. The molecule has 3 aromatic carbocycles. The normalized spacial score (nSPS) is 20.5. The summed E-state index contributed by atoms with van der Waals surface area (Å²) in [6, 6.07) is 23.8. The zero-order valence-electron chi connectivity index (χ0n) is 71.8. The van der Waals surface area contributed by atoms with Crippen molar-refractivity contribution in [1.29, 1.82) is 0 Å². The summed E-state index contributed by atoms with van der Waals surface area (Å²) in [5.74, 6) is 3.08. The molecule has 3 unspecified atom stereocenters. The largest absolute Gasteiger partial charge is 0.326 e. The number of piperidine rings is 3. The van der Waals surface area contributed by atoms with Crippen LogP contribution in [0.2, 0.25) is 0 Å². The third-order valence-corrected chi connectivity index (χ3v) is 25.7. The summed E-state index contributed by atoms with van der Waals surface area (Å²) in [6.45, 7) is 44.6. The number of hydrogen-bond acceptors (Lipinski definition) is 21. The van der Waals surface area contributed by atoms with E-state index in [1.165, 1.54) is 63.5 Å². The molecule has 7 aliphatic rings. The number of benzene rings is 3. The number of fused-ring (bicyclic) bond motifs is 11. The van der Waals surface area contributed by atoms with Gasteiger partial charge in [-0.05, 0) is 217 Å². The van der Waals surface area contributed by atoms with Gasteiger partial charge in [0.1, 0.15) is 68.6 Å². The maximum absolute atomic E-state index is 15.0. The average Bonchev–Trinajstić information content (AvgIpc) is 1.63. The number of nitrogens with zero attached hydrogens (tertiary/aromatic N) is 21. The topological polar surface area (TPSA) is 225 Å². The van der Waals surface area contributed by atoms with Crippen molar-refractivity contribution < 1.29 is 26.3 Å². The van der Waals surface area contributed by atoms with Crippen molar-refractivity contribution in [2.75, 3.05) is 94.5 Å². The molecule has 12 aromatic rings. The highest BCUT2D eigenvalue weighted by Gasteiger charge is 2.42. The number of pyridine rings is 3. The predicted molar refractivity (Wildman–Crippen MR) is 462 cm³/mol. The summed E-state index contributed by atoms with van der Waals surface area (Å²) in [5, 5.41) is 9.25. The van der Waals surface area contributed by atoms with Crippen molar-refractivity contribution in [3.8, 4) is 33.8 Å². The standard InChI is InChI=1S/C31H38F2N8.2C30H36F2N8/c1-6-39-15-21-7-9-24(39)17-40(16-21)19(4)22-8-10-28(34-13-22)37-31-35-14-26(33)29(38-31)23-11-25(32)30-27(12-23)41(18(2)3)20(5)36-30;2*1-6-38-14-20-9-23(38)16-39(15-20)18(4)21-7-8-27(33-12-21)36-30-34-13-25(32)28(37-30)22-10-24(31)29-26(11-22)40(17(2)3)19(5)35-29/h8,10-14,18-19,21,24H,6-7,9,15-17H2,1-5H3,(H,34,35,37,38);2*7-8,10-13,17-18,20,23H,6,9,14-16H2,1-5H3,(H,33,34,36,37)/t;18-,20+,23+;18-,20-,23-/m.11/s1. The maximum Gasteiger partial charge on any atom is 0.229 e. The summed E-state index contributed by atoms with van der Waals surface area (Å²) in [5.41, 5.74) is 7.07. The number of aromatic nitrogens is 15. The van der Waals surface area contributed by atoms with E-state index in [9.17, 15) is 13.2 Å². The van der Waals surface area contributed by atoms with Crippen LogP contribution in [0.1, 0.15) is 179 Å². The molecule has 3 N–H and O–H groups in total. The van der Waals surface area contributed by atoms with Gasteiger partial charge in [0.05, 0.1) is 35.1 Å². The number of halogens is 6. The number of likely N-dealkylation sites (tertiary alicyclic amines) is 4.